The summed E-state index contributed by atoms with van der Waals surface area (Å²) in [6, 6.07) is 0. The van der Waals surface area contributed by atoms with Crippen LogP contribution in [0.25, 0.3) is 0 Å². The zero-order chi connectivity index (χ0) is 5.54. The lowest BCUT2D eigenvalue weighted by Crippen LogP contribution is -2.00. The van der Waals surface area contributed by atoms with Gasteiger partial charge in [0.2, 0.25) is 0 Å². The Balaban J connectivity index is 2.45. The maximum absolute atomic E-state index is 8.07. The van der Waals surface area contributed by atoms with Crippen molar-refractivity contribution in [1.82, 2.24) is 0 Å². The topological polar surface area (TPSA) is 49.7 Å². The summed E-state index contributed by atoms with van der Waals surface area (Å²) in [6.45, 7) is 1.39. The van der Waals surface area contributed by atoms with Gasteiger partial charge >= 0.3 is 0 Å². The fourth-order valence-corrected chi connectivity index (χ4v) is 0.201. The summed E-state index contributed by atoms with van der Waals surface area (Å²) in [7, 11) is 0. The van der Waals surface area contributed by atoms with Crippen LogP contribution in [0.3, 0.4) is 0 Å². The number of hydrogen-bond acceptors (Lipinski definition) is 3. The van der Waals surface area contributed by atoms with E-state index in [1.807, 2.05) is 0 Å². The van der Waals surface area contributed by atoms with Crippen molar-refractivity contribution in [2.24, 2.45) is 0 Å². The van der Waals surface area contributed by atoms with E-state index in [2.05, 4.69) is 4.74 Å². The second-order valence-corrected chi connectivity index (χ2v) is 0.981. The minimum atomic E-state index is 0.00778. The molecule has 0 spiro atoms. The van der Waals surface area contributed by atoms with E-state index in [1.54, 1.807) is 0 Å². The SMILES string of the molecule is O[CH-]COCCO. The normalized spacial score (nSPS) is 9.43. The Labute approximate surface area is 42.5 Å². The Kier molecular flexibility index (Phi) is 5.78. The van der Waals surface area contributed by atoms with Crippen LogP contribution in [0.4, 0.5) is 0 Å². The van der Waals surface area contributed by atoms with E-state index in [0.717, 1.165) is 6.61 Å². The summed E-state index contributed by atoms with van der Waals surface area (Å²) in [5, 5.41) is 16.0. The van der Waals surface area contributed by atoms with Gasteiger partial charge in [-0.1, -0.05) is 6.61 Å². The van der Waals surface area contributed by atoms with Gasteiger partial charge in [-0.3, -0.25) is 0 Å². The molecular weight excluding hydrogens is 96.0 g/mol. The van der Waals surface area contributed by atoms with Gasteiger partial charge in [0.05, 0.1) is 13.2 Å². The molecule has 7 heavy (non-hydrogen) atoms. The molecule has 3 heteroatoms. The standard InChI is InChI=1S/C4H9O3/c5-1-3-7-4-2-6/h1,5-6H,2-4H2/q-1. The van der Waals surface area contributed by atoms with Crippen LogP contribution in [0.15, 0.2) is 0 Å². The molecule has 0 fully saturated rings. The van der Waals surface area contributed by atoms with Gasteiger partial charge in [-0.15, -0.1) is 0 Å². The van der Waals surface area contributed by atoms with Gasteiger partial charge < -0.3 is 14.9 Å². The van der Waals surface area contributed by atoms with Crippen LogP contribution >= 0.6 is 0 Å². The molecule has 44 valence electrons. The molecule has 0 aliphatic rings. The molecule has 0 radical (unpaired) electrons. The fraction of sp³-hybridized carbons (Fsp3) is 0.750. The van der Waals surface area contributed by atoms with Crippen molar-refractivity contribution in [2.75, 3.05) is 19.8 Å². The average Bonchev–Trinajstić information content (AvgIpc) is 1.69. The van der Waals surface area contributed by atoms with Gasteiger partial charge in [-0.2, -0.15) is 6.61 Å². The van der Waals surface area contributed by atoms with E-state index in [1.165, 1.54) is 0 Å². The molecule has 0 amide bonds. The Morgan fingerprint density at radius 2 is 2.29 bits per heavy atom. The molecule has 0 aliphatic heterocycles. The Hall–Kier alpha value is -0.120. The van der Waals surface area contributed by atoms with Crippen molar-refractivity contribution in [3.05, 3.63) is 6.61 Å². The van der Waals surface area contributed by atoms with Crippen LogP contribution in [0.1, 0.15) is 0 Å². The fourth-order valence-electron chi connectivity index (χ4n) is 0.201. The van der Waals surface area contributed by atoms with E-state index in [-0.39, 0.29) is 19.8 Å². The van der Waals surface area contributed by atoms with E-state index < -0.39 is 0 Å². The molecule has 0 heterocycles. The van der Waals surface area contributed by atoms with Crippen molar-refractivity contribution >= 4 is 0 Å². The smallest absolute Gasteiger partial charge is 0.0664 e. The third-order valence-electron chi connectivity index (χ3n) is 0.428. The molecule has 0 aliphatic carbocycles. The molecule has 0 aromatic rings. The predicted molar refractivity (Wildman–Crippen MR) is 24.1 cm³/mol. The van der Waals surface area contributed by atoms with Crippen LogP contribution in [0.5, 0.6) is 0 Å². The highest BCUT2D eigenvalue weighted by molar-refractivity contribution is 4.38. The van der Waals surface area contributed by atoms with Gasteiger partial charge in [-0.25, -0.2) is 0 Å². The summed E-state index contributed by atoms with van der Waals surface area (Å²) >= 11 is 0. The average molecular weight is 105 g/mol. The molecule has 0 aromatic carbocycles. The monoisotopic (exact) mass is 105 g/mol. The van der Waals surface area contributed by atoms with Crippen LogP contribution in [0.2, 0.25) is 0 Å². The molecule has 2 N–H and O–H groups in total. The van der Waals surface area contributed by atoms with Gasteiger partial charge in [0, 0.05) is 0 Å². The number of aliphatic hydroxyl groups is 2. The quantitative estimate of drug-likeness (QED) is 0.375. The molecule has 0 bridgehead atoms. The van der Waals surface area contributed by atoms with Crippen LogP contribution in [-0.4, -0.2) is 30.0 Å². The summed E-state index contributed by atoms with van der Waals surface area (Å²) in [5.41, 5.74) is 0. The van der Waals surface area contributed by atoms with E-state index in [0.29, 0.717) is 0 Å². The molecule has 0 saturated heterocycles. The number of rotatable bonds is 4. The van der Waals surface area contributed by atoms with Crippen molar-refractivity contribution in [2.45, 2.75) is 0 Å². The largest absolute Gasteiger partial charge is 0.564 e. The minimum absolute atomic E-state index is 0.00778. The Morgan fingerprint density at radius 1 is 1.57 bits per heavy atom. The first-order valence-electron chi connectivity index (χ1n) is 2.06. The molecule has 0 unspecified atom stereocenters. The van der Waals surface area contributed by atoms with Crippen LogP contribution < -0.4 is 0 Å². The third-order valence-corrected chi connectivity index (χ3v) is 0.428. The van der Waals surface area contributed by atoms with E-state index >= 15 is 0 Å². The first-order valence-corrected chi connectivity index (χ1v) is 2.06. The Bertz CT molecular complexity index is 26.1. The van der Waals surface area contributed by atoms with Crippen LogP contribution in [0, 0.1) is 6.61 Å². The van der Waals surface area contributed by atoms with Crippen molar-refractivity contribution < 1.29 is 14.9 Å². The van der Waals surface area contributed by atoms with Crippen LogP contribution in [-0.2, 0) is 4.74 Å². The van der Waals surface area contributed by atoms with Gasteiger partial charge in [-0.05, 0) is 0 Å². The number of aliphatic hydroxyl groups excluding tert-OH is 2. The highest BCUT2D eigenvalue weighted by Gasteiger charge is 1.73. The second kappa shape index (κ2) is 5.88. The summed E-state index contributed by atoms with van der Waals surface area (Å²) < 4.78 is 4.58. The molecule has 0 saturated carbocycles. The van der Waals surface area contributed by atoms with Gasteiger partial charge in [0.25, 0.3) is 0 Å². The highest BCUT2D eigenvalue weighted by Crippen LogP contribution is 1.72. The molecule has 0 atom stereocenters. The number of ether oxygens (including phenoxy) is 1. The summed E-state index contributed by atoms with van der Waals surface area (Å²) in [4.78, 5) is 0. The lowest BCUT2D eigenvalue weighted by atomic mass is 10.7. The van der Waals surface area contributed by atoms with E-state index in [4.69, 9.17) is 10.2 Å². The third kappa shape index (κ3) is 5.88. The molecule has 0 rings (SSSR count). The first-order chi connectivity index (χ1) is 3.41. The van der Waals surface area contributed by atoms with Crippen molar-refractivity contribution in [3.63, 3.8) is 0 Å². The van der Waals surface area contributed by atoms with Gasteiger partial charge in [0.1, 0.15) is 0 Å². The minimum Gasteiger partial charge on any atom is -0.564 e. The highest BCUT2D eigenvalue weighted by atomic mass is 16.5. The zero-order valence-electron chi connectivity index (χ0n) is 4.00. The lowest BCUT2D eigenvalue weighted by Gasteiger charge is -2.02. The van der Waals surface area contributed by atoms with Crippen molar-refractivity contribution in [3.8, 4) is 0 Å². The molecular formula is C4H9O3-. The summed E-state index contributed by atoms with van der Waals surface area (Å²) in [6.07, 6.45) is 0. The number of hydrogen-bond donors (Lipinski definition) is 2. The zero-order valence-corrected chi connectivity index (χ0v) is 4.00. The summed E-state index contributed by atoms with van der Waals surface area (Å²) in [5.74, 6) is 0. The van der Waals surface area contributed by atoms with E-state index in [9.17, 15) is 0 Å². The maximum atomic E-state index is 8.07. The van der Waals surface area contributed by atoms with Gasteiger partial charge in [0.15, 0.2) is 0 Å². The predicted octanol–water partition coefficient (Wildman–Crippen LogP) is -0.470. The Morgan fingerprint density at radius 3 is 2.71 bits per heavy atom. The molecule has 3 nitrogen and oxygen atoms in total. The van der Waals surface area contributed by atoms with Crippen molar-refractivity contribution in [1.29, 1.82) is 0 Å². The second-order valence-electron chi connectivity index (χ2n) is 0.981. The molecule has 0 aromatic heterocycles. The lowest BCUT2D eigenvalue weighted by molar-refractivity contribution is 0.0868. The first kappa shape index (κ1) is 6.88. The maximum Gasteiger partial charge on any atom is 0.0664 e.